The largest absolute Gasteiger partial charge is 0.458 e. The Labute approximate surface area is 125 Å². The third-order valence-electron chi connectivity index (χ3n) is 4.03. The molecule has 21 heavy (non-hydrogen) atoms. The van der Waals surface area contributed by atoms with Gasteiger partial charge in [0.05, 0.1) is 5.69 Å². The monoisotopic (exact) mass is 286 g/mol. The Morgan fingerprint density at radius 3 is 2.76 bits per heavy atom. The fourth-order valence-electron chi connectivity index (χ4n) is 2.76. The van der Waals surface area contributed by atoms with Crippen LogP contribution in [0, 0.1) is 5.92 Å². The van der Waals surface area contributed by atoms with Gasteiger partial charge in [0, 0.05) is 24.7 Å². The summed E-state index contributed by atoms with van der Waals surface area (Å²) < 4.78 is 5.98. The lowest BCUT2D eigenvalue weighted by molar-refractivity contribution is 0.0497. The first-order valence-corrected chi connectivity index (χ1v) is 7.45. The van der Waals surface area contributed by atoms with Crippen LogP contribution in [0.25, 0.3) is 11.3 Å². The lowest BCUT2D eigenvalue weighted by Gasteiger charge is -2.24. The average Bonchev–Trinajstić information content (AvgIpc) is 3.07. The third kappa shape index (κ3) is 3.03. The Balaban J connectivity index is 1.73. The summed E-state index contributed by atoms with van der Waals surface area (Å²) in [5.41, 5.74) is 1.86. The van der Waals surface area contributed by atoms with Crippen LogP contribution in [0.5, 0.6) is 5.88 Å². The molecule has 0 aliphatic carbocycles. The van der Waals surface area contributed by atoms with E-state index in [-0.39, 0.29) is 6.23 Å². The molecule has 3 rings (SSSR count). The highest BCUT2D eigenvalue weighted by Gasteiger charge is 2.25. The Morgan fingerprint density at radius 2 is 2.10 bits per heavy atom. The lowest BCUT2D eigenvalue weighted by Crippen LogP contribution is -2.36. The van der Waals surface area contributed by atoms with Crippen LogP contribution in [-0.4, -0.2) is 34.1 Å². The number of nitrogens with zero attached hydrogens (tertiary/aromatic N) is 3. The summed E-state index contributed by atoms with van der Waals surface area (Å²) in [5.74, 6) is 7.25. The minimum atomic E-state index is 0.0116. The topological polar surface area (TPSA) is 56.3 Å². The summed E-state index contributed by atoms with van der Waals surface area (Å²) in [6.45, 7) is 6.48. The molecule has 5 heteroatoms. The van der Waals surface area contributed by atoms with Gasteiger partial charge in [0.15, 0.2) is 6.23 Å². The second-order valence-corrected chi connectivity index (χ2v) is 5.78. The first-order chi connectivity index (χ1) is 10.1. The second-order valence-electron chi connectivity index (χ2n) is 5.78. The van der Waals surface area contributed by atoms with Crippen molar-refractivity contribution < 1.29 is 4.74 Å². The SMILES string of the molecule is CC1CCN(C(C)Oc2cc(-c3ccccc3)nn2N)C1. The third-order valence-corrected chi connectivity index (χ3v) is 4.03. The first kappa shape index (κ1) is 13.9. The van der Waals surface area contributed by atoms with Gasteiger partial charge >= 0.3 is 0 Å². The van der Waals surface area contributed by atoms with Gasteiger partial charge in [0.2, 0.25) is 5.88 Å². The van der Waals surface area contributed by atoms with E-state index in [1.807, 2.05) is 36.4 Å². The number of likely N-dealkylation sites (tertiary alicyclic amines) is 1. The smallest absolute Gasteiger partial charge is 0.234 e. The summed E-state index contributed by atoms with van der Waals surface area (Å²) >= 11 is 0. The number of nitrogen functional groups attached to an aromatic ring is 1. The first-order valence-electron chi connectivity index (χ1n) is 7.45. The van der Waals surface area contributed by atoms with Crippen LogP contribution in [0.15, 0.2) is 36.4 Å². The number of hydrogen-bond donors (Lipinski definition) is 1. The summed E-state index contributed by atoms with van der Waals surface area (Å²) in [6.07, 6.45) is 1.24. The fourth-order valence-corrected chi connectivity index (χ4v) is 2.76. The minimum absolute atomic E-state index is 0.0116. The Hall–Kier alpha value is -2.01. The van der Waals surface area contributed by atoms with Crippen LogP contribution in [0.1, 0.15) is 20.3 Å². The summed E-state index contributed by atoms with van der Waals surface area (Å²) in [7, 11) is 0. The van der Waals surface area contributed by atoms with E-state index in [1.54, 1.807) is 0 Å². The number of ether oxygens (including phenoxy) is 1. The van der Waals surface area contributed by atoms with Crippen LogP contribution in [0.4, 0.5) is 0 Å². The van der Waals surface area contributed by atoms with E-state index in [0.29, 0.717) is 5.88 Å². The van der Waals surface area contributed by atoms with Crippen molar-refractivity contribution in [1.29, 1.82) is 0 Å². The molecule has 2 heterocycles. The molecule has 0 spiro atoms. The van der Waals surface area contributed by atoms with Crippen LogP contribution < -0.4 is 10.6 Å². The van der Waals surface area contributed by atoms with E-state index in [2.05, 4.69) is 23.8 Å². The van der Waals surface area contributed by atoms with Crippen molar-refractivity contribution in [3.8, 4) is 17.1 Å². The molecule has 0 bridgehead atoms. The molecule has 112 valence electrons. The Morgan fingerprint density at radius 1 is 1.33 bits per heavy atom. The van der Waals surface area contributed by atoms with E-state index in [4.69, 9.17) is 10.6 Å². The Bertz CT molecular complexity index is 596. The Kier molecular flexibility index (Phi) is 3.84. The maximum Gasteiger partial charge on any atom is 0.234 e. The average molecular weight is 286 g/mol. The molecule has 2 N–H and O–H groups in total. The van der Waals surface area contributed by atoms with Gasteiger partial charge in [-0.05, 0) is 19.3 Å². The molecule has 2 atom stereocenters. The maximum atomic E-state index is 5.98. The number of benzene rings is 1. The van der Waals surface area contributed by atoms with Gasteiger partial charge in [-0.1, -0.05) is 37.3 Å². The molecule has 1 aromatic heterocycles. The van der Waals surface area contributed by atoms with Crippen molar-refractivity contribution in [3.63, 3.8) is 0 Å². The van der Waals surface area contributed by atoms with Gasteiger partial charge in [-0.25, -0.2) is 0 Å². The highest BCUT2D eigenvalue weighted by Crippen LogP contribution is 2.24. The highest BCUT2D eigenvalue weighted by atomic mass is 16.5. The molecule has 0 amide bonds. The van der Waals surface area contributed by atoms with E-state index >= 15 is 0 Å². The molecular formula is C16H22N4O. The van der Waals surface area contributed by atoms with Crippen LogP contribution in [0.2, 0.25) is 0 Å². The normalized spacial score (nSPS) is 20.6. The van der Waals surface area contributed by atoms with Crippen molar-refractivity contribution in [2.75, 3.05) is 18.9 Å². The lowest BCUT2D eigenvalue weighted by atomic mass is 10.2. The van der Waals surface area contributed by atoms with Gasteiger partial charge in [0.25, 0.3) is 0 Å². The van der Waals surface area contributed by atoms with Gasteiger partial charge < -0.3 is 10.6 Å². The number of nitrogens with two attached hydrogens (primary N) is 1. The molecule has 0 radical (unpaired) electrons. The summed E-state index contributed by atoms with van der Waals surface area (Å²) in [5, 5.41) is 4.33. The van der Waals surface area contributed by atoms with Crippen molar-refractivity contribution in [1.82, 2.24) is 14.8 Å². The number of hydrogen-bond acceptors (Lipinski definition) is 4. The fraction of sp³-hybridized carbons (Fsp3) is 0.438. The maximum absolute atomic E-state index is 5.98. The quantitative estimate of drug-likeness (QED) is 0.876. The zero-order valence-electron chi connectivity index (χ0n) is 12.6. The molecule has 2 unspecified atom stereocenters. The predicted molar refractivity (Wildman–Crippen MR) is 83.3 cm³/mol. The van der Waals surface area contributed by atoms with E-state index in [1.165, 1.54) is 11.2 Å². The molecule has 1 aliphatic rings. The molecule has 1 aromatic carbocycles. The zero-order chi connectivity index (χ0) is 14.8. The van der Waals surface area contributed by atoms with Gasteiger partial charge in [-0.2, -0.15) is 0 Å². The molecule has 1 fully saturated rings. The van der Waals surface area contributed by atoms with Crippen LogP contribution in [0.3, 0.4) is 0 Å². The summed E-state index contributed by atoms with van der Waals surface area (Å²) in [4.78, 5) is 3.65. The van der Waals surface area contributed by atoms with Crippen molar-refractivity contribution in [3.05, 3.63) is 36.4 Å². The van der Waals surface area contributed by atoms with E-state index in [0.717, 1.165) is 30.3 Å². The second kappa shape index (κ2) is 5.77. The molecule has 2 aromatic rings. The van der Waals surface area contributed by atoms with Gasteiger partial charge in [-0.15, -0.1) is 9.89 Å². The number of rotatable bonds is 4. The summed E-state index contributed by atoms with van der Waals surface area (Å²) in [6, 6.07) is 11.9. The molecular weight excluding hydrogens is 264 g/mol. The van der Waals surface area contributed by atoms with Crippen molar-refractivity contribution in [2.24, 2.45) is 5.92 Å². The molecule has 5 nitrogen and oxygen atoms in total. The van der Waals surface area contributed by atoms with E-state index < -0.39 is 0 Å². The predicted octanol–water partition coefficient (Wildman–Crippen LogP) is 2.33. The van der Waals surface area contributed by atoms with Crippen molar-refractivity contribution >= 4 is 0 Å². The zero-order valence-corrected chi connectivity index (χ0v) is 12.6. The minimum Gasteiger partial charge on any atom is -0.458 e. The van der Waals surface area contributed by atoms with Gasteiger partial charge in [0.1, 0.15) is 0 Å². The van der Waals surface area contributed by atoms with Crippen LogP contribution >= 0.6 is 0 Å². The van der Waals surface area contributed by atoms with Crippen molar-refractivity contribution in [2.45, 2.75) is 26.5 Å². The molecule has 1 aliphatic heterocycles. The van der Waals surface area contributed by atoms with E-state index in [9.17, 15) is 0 Å². The number of aromatic nitrogens is 2. The van der Waals surface area contributed by atoms with Gasteiger partial charge in [-0.3, -0.25) is 4.90 Å². The molecule has 0 saturated carbocycles. The standard InChI is InChI=1S/C16H22N4O/c1-12-8-9-19(11-12)13(2)21-16-10-15(18-20(16)17)14-6-4-3-5-7-14/h3-7,10,12-13H,8-9,11,17H2,1-2H3. The highest BCUT2D eigenvalue weighted by molar-refractivity contribution is 5.59. The van der Waals surface area contributed by atoms with Crippen LogP contribution in [-0.2, 0) is 0 Å². The molecule has 1 saturated heterocycles.